The lowest BCUT2D eigenvalue weighted by atomic mass is 10.1. The molecule has 0 unspecified atom stereocenters. The van der Waals surface area contributed by atoms with E-state index in [-0.39, 0.29) is 5.97 Å². The van der Waals surface area contributed by atoms with Crippen molar-refractivity contribution in [1.29, 1.82) is 0 Å². The zero-order valence-electron chi connectivity index (χ0n) is 19.7. The summed E-state index contributed by atoms with van der Waals surface area (Å²) in [6.45, 7) is 2.17. The van der Waals surface area contributed by atoms with Crippen LogP contribution in [0.25, 0.3) is 12.2 Å². The Morgan fingerprint density at radius 1 is 0.719 bits per heavy atom. The van der Waals surface area contributed by atoms with Crippen LogP contribution in [0, 0.1) is 0 Å². The second kappa shape index (κ2) is 13.3. The van der Waals surface area contributed by atoms with E-state index in [1.165, 1.54) is 12.8 Å². The number of esters is 1. The molecular formula is C26H34O6. The van der Waals surface area contributed by atoms with Crippen LogP contribution in [0.3, 0.4) is 0 Å². The predicted molar refractivity (Wildman–Crippen MR) is 127 cm³/mol. The Balaban J connectivity index is 2.14. The van der Waals surface area contributed by atoms with Crippen LogP contribution in [-0.4, -0.2) is 34.4 Å². The fourth-order valence-corrected chi connectivity index (χ4v) is 3.31. The molecule has 0 fully saturated rings. The summed E-state index contributed by atoms with van der Waals surface area (Å²) in [6.07, 6.45) is 9.64. The molecule has 0 amide bonds. The lowest BCUT2D eigenvalue weighted by Crippen LogP contribution is -2.08. The first-order valence-electron chi connectivity index (χ1n) is 10.9. The second-order valence-corrected chi connectivity index (χ2v) is 7.34. The fraction of sp³-hybridized carbons (Fsp3) is 0.423. The van der Waals surface area contributed by atoms with Gasteiger partial charge in [0.05, 0.1) is 28.4 Å². The summed E-state index contributed by atoms with van der Waals surface area (Å²) in [5.41, 5.74) is 1.74. The van der Waals surface area contributed by atoms with Crippen LogP contribution in [-0.2, 0) is 4.79 Å². The van der Waals surface area contributed by atoms with E-state index in [1.54, 1.807) is 40.6 Å². The number of rotatable bonds is 13. The molecule has 0 aliphatic rings. The number of ether oxygens (including phenoxy) is 5. The fourth-order valence-electron chi connectivity index (χ4n) is 3.31. The van der Waals surface area contributed by atoms with Gasteiger partial charge in [-0.05, 0) is 41.8 Å². The summed E-state index contributed by atoms with van der Waals surface area (Å²) in [7, 11) is 6.29. The molecule has 0 aliphatic carbocycles. The highest BCUT2D eigenvalue weighted by Gasteiger charge is 2.13. The molecule has 0 spiro atoms. The maximum Gasteiger partial charge on any atom is 0.311 e. The van der Waals surface area contributed by atoms with Gasteiger partial charge in [-0.15, -0.1) is 0 Å². The first-order chi connectivity index (χ1) is 15.6. The van der Waals surface area contributed by atoms with Crippen molar-refractivity contribution in [3.63, 3.8) is 0 Å². The first-order valence-corrected chi connectivity index (χ1v) is 10.9. The quantitative estimate of drug-likeness (QED) is 0.160. The van der Waals surface area contributed by atoms with Crippen LogP contribution < -0.4 is 23.7 Å². The number of hydrogen-bond donors (Lipinski definition) is 0. The third-order valence-corrected chi connectivity index (χ3v) is 5.05. The molecule has 2 aromatic carbocycles. The van der Waals surface area contributed by atoms with Crippen LogP contribution >= 0.6 is 0 Å². The molecule has 0 saturated heterocycles. The number of carbonyl (C=O) groups is 1. The van der Waals surface area contributed by atoms with Crippen LogP contribution in [0.4, 0.5) is 0 Å². The third kappa shape index (κ3) is 7.22. The largest absolute Gasteiger partial charge is 0.493 e. The van der Waals surface area contributed by atoms with Gasteiger partial charge >= 0.3 is 5.97 Å². The van der Waals surface area contributed by atoms with Crippen molar-refractivity contribution in [3.8, 4) is 28.7 Å². The van der Waals surface area contributed by atoms with E-state index in [0.29, 0.717) is 35.2 Å². The van der Waals surface area contributed by atoms with E-state index >= 15 is 0 Å². The van der Waals surface area contributed by atoms with Crippen LogP contribution in [0.2, 0.25) is 0 Å². The van der Waals surface area contributed by atoms with Crippen molar-refractivity contribution in [3.05, 3.63) is 41.5 Å². The van der Waals surface area contributed by atoms with Gasteiger partial charge in [0.15, 0.2) is 23.0 Å². The highest BCUT2D eigenvalue weighted by Crippen LogP contribution is 2.38. The average molecular weight is 443 g/mol. The van der Waals surface area contributed by atoms with Crippen molar-refractivity contribution in [1.82, 2.24) is 0 Å². The summed E-state index contributed by atoms with van der Waals surface area (Å²) >= 11 is 0. The Labute approximate surface area is 191 Å². The van der Waals surface area contributed by atoms with Crippen molar-refractivity contribution in [2.45, 2.75) is 45.4 Å². The van der Waals surface area contributed by atoms with Gasteiger partial charge in [0.1, 0.15) is 0 Å². The number of carbonyl (C=O) groups excluding carboxylic acids is 1. The minimum atomic E-state index is -0.245. The predicted octanol–water partition coefficient (Wildman–Crippen LogP) is 6.16. The molecule has 0 aliphatic heterocycles. The standard InChI is InChI=1S/C26H34O6/c1-6-7-8-9-10-11-25(27)32-22-16-19(14-15-21(22)28-2)12-13-20-17-23(29-3)26(31-5)24(18-20)30-4/h12-18H,6-11H2,1-5H3/b13-12-. The van der Waals surface area contributed by atoms with Gasteiger partial charge in [-0.2, -0.15) is 0 Å². The van der Waals surface area contributed by atoms with E-state index in [0.717, 1.165) is 30.4 Å². The van der Waals surface area contributed by atoms with E-state index < -0.39 is 0 Å². The summed E-state index contributed by atoms with van der Waals surface area (Å²) in [6, 6.07) is 9.21. The van der Waals surface area contributed by atoms with E-state index in [1.807, 2.05) is 30.4 Å². The number of benzene rings is 2. The molecule has 0 saturated carbocycles. The van der Waals surface area contributed by atoms with E-state index in [9.17, 15) is 4.79 Å². The summed E-state index contributed by atoms with van der Waals surface area (Å²) in [5.74, 6) is 2.39. The Hall–Kier alpha value is -3.15. The highest BCUT2D eigenvalue weighted by atomic mass is 16.6. The van der Waals surface area contributed by atoms with Gasteiger partial charge in [-0.3, -0.25) is 4.79 Å². The summed E-state index contributed by atoms with van der Waals surface area (Å²) < 4.78 is 27.1. The Morgan fingerprint density at radius 2 is 1.31 bits per heavy atom. The van der Waals surface area contributed by atoms with Crippen LogP contribution in [0.15, 0.2) is 30.3 Å². The van der Waals surface area contributed by atoms with Crippen molar-refractivity contribution < 1.29 is 28.5 Å². The molecular weight excluding hydrogens is 408 g/mol. The second-order valence-electron chi connectivity index (χ2n) is 7.34. The topological polar surface area (TPSA) is 63.2 Å². The van der Waals surface area contributed by atoms with Gasteiger partial charge in [-0.25, -0.2) is 0 Å². The Bertz CT molecular complexity index is 878. The molecule has 0 heterocycles. The monoisotopic (exact) mass is 442 g/mol. The van der Waals surface area contributed by atoms with Crippen molar-refractivity contribution >= 4 is 18.1 Å². The van der Waals surface area contributed by atoms with E-state index in [4.69, 9.17) is 23.7 Å². The molecule has 6 nitrogen and oxygen atoms in total. The van der Waals surface area contributed by atoms with Gasteiger partial charge in [-0.1, -0.05) is 50.8 Å². The molecule has 0 aromatic heterocycles. The van der Waals surface area contributed by atoms with Gasteiger partial charge in [0, 0.05) is 6.42 Å². The Morgan fingerprint density at radius 3 is 1.91 bits per heavy atom. The number of methoxy groups -OCH3 is 4. The molecule has 0 radical (unpaired) electrons. The lowest BCUT2D eigenvalue weighted by molar-refractivity contribution is -0.134. The SMILES string of the molecule is CCCCCCCC(=O)Oc1cc(/C=C\c2cc(OC)c(OC)c(OC)c2)ccc1OC. The molecule has 0 atom stereocenters. The van der Waals surface area contributed by atoms with Crippen molar-refractivity contribution in [2.75, 3.05) is 28.4 Å². The maximum atomic E-state index is 12.3. The molecule has 2 rings (SSSR count). The zero-order chi connectivity index (χ0) is 23.3. The first kappa shape index (κ1) is 25.1. The summed E-state index contributed by atoms with van der Waals surface area (Å²) in [4.78, 5) is 12.3. The number of hydrogen-bond acceptors (Lipinski definition) is 6. The van der Waals surface area contributed by atoms with Gasteiger partial charge < -0.3 is 23.7 Å². The maximum absolute atomic E-state index is 12.3. The third-order valence-electron chi connectivity index (χ3n) is 5.05. The highest BCUT2D eigenvalue weighted by molar-refractivity contribution is 5.76. The smallest absolute Gasteiger partial charge is 0.311 e. The normalized spacial score (nSPS) is 10.8. The average Bonchev–Trinajstić information content (AvgIpc) is 2.81. The lowest BCUT2D eigenvalue weighted by Gasteiger charge is -2.13. The van der Waals surface area contributed by atoms with E-state index in [2.05, 4.69) is 6.92 Å². The van der Waals surface area contributed by atoms with Gasteiger partial charge in [0.2, 0.25) is 5.75 Å². The Kier molecular flexibility index (Phi) is 10.4. The zero-order valence-corrected chi connectivity index (χ0v) is 19.7. The molecule has 0 bridgehead atoms. The summed E-state index contributed by atoms with van der Waals surface area (Å²) in [5, 5.41) is 0. The molecule has 2 aromatic rings. The minimum absolute atomic E-state index is 0.245. The number of unbranched alkanes of at least 4 members (excludes halogenated alkanes) is 4. The van der Waals surface area contributed by atoms with Crippen molar-refractivity contribution in [2.24, 2.45) is 0 Å². The minimum Gasteiger partial charge on any atom is -0.493 e. The molecule has 174 valence electrons. The molecule has 6 heteroatoms. The van der Waals surface area contributed by atoms with Crippen LogP contribution in [0.5, 0.6) is 28.7 Å². The van der Waals surface area contributed by atoms with Crippen LogP contribution in [0.1, 0.15) is 56.6 Å². The van der Waals surface area contributed by atoms with Gasteiger partial charge in [0.25, 0.3) is 0 Å². The molecule has 0 N–H and O–H groups in total. The molecule has 32 heavy (non-hydrogen) atoms.